The van der Waals surface area contributed by atoms with Gasteiger partial charge in [0.25, 0.3) is 18.2 Å². The Kier molecular flexibility index (Phi) is 5.57. The minimum atomic E-state index is -2.57. The highest BCUT2D eigenvalue weighted by Crippen LogP contribution is 2.59. The van der Waals surface area contributed by atoms with Crippen LogP contribution >= 0.6 is 11.3 Å². The van der Waals surface area contributed by atoms with Gasteiger partial charge in [-0.1, -0.05) is 0 Å². The number of anilines is 2. The number of alkyl halides is 2. The fraction of sp³-hybridized carbons (Fsp3) is 0.391. The second kappa shape index (κ2) is 8.76. The molecule has 200 valence electrons. The molecule has 1 saturated carbocycles. The fourth-order valence-electron chi connectivity index (χ4n) is 4.87. The Bertz CT molecular complexity index is 1770. The van der Waals surface area contributed by atoms with Crippen molar-refractivity contribution < 1.29 is 13.6 Å². The topological polar surface area (TPSA) is 137 Å². The van der Waals surface area contributed by atoms with Gasteiger partial charge < -0.3 is 14.8 Å². The van der Waals surface area contributed by atoms with Gasteiger partial charge in [0.2, 0.25) is 11.9 Å². The molecule has 0 bridgehead atoms. The zero-order chi connectivity index (χ0) is 27.6. The number of nitrogens with one attached hydrogen (secondary N) is 1. The number of carbonyl (C=O) groups is 1. The van der Waals surface area contributed by atoms with E-state index >= 15 is 0 Å². The molecule has 13 nitrogen and oxygen atoms in total. The normalized spacial score (nSPS) is 20.0. The highest BCUT2D eigenvalue weighted by Gasteiger charge is 2.72. The molecule has 1 saturated heterocycles. The van der Waals surface area contributed by atoms with Crippen LogP contribution in [0.4, 0.5) is 20.5 Å². The van der Waals surface area contributed by atoms with Gasteiger partial charge in [-0.25, -0.2) is 40.1 Å². The summed E-state index contributed by atoms with van der Waals surface area (Å²) in [6.45, 7) is 8.62. The molecule has 3 atom stereocenters. The van der Waals surface area contributed by atoms with Gasteiger partial charge in [-0.2, -0.15) is 4.57 Å². The molecule has 1 amide bonds. The number of carbonyl (C=O) groups excluding carboxylic acids is 1. The maximum Gasteiger partial charge on any atom is 0.338 e. The van der Waals surface area contributed by atoms with E-state index in [0.29, 0.717) is 16.5 Å². The average molecular weight is 555 g/mol. The van der Waals surface area contributed by atoms with Crippen molar-refractivity contribution in [1.29, 1.82) is 0 Å². The van der Waals surface area contributed by atoms with Crippen molar-refractivity contribution in [3.63, 3.8) is 0 Å². The summed E-state index contributed by atoms with van der Waals surface area (Å²) in [7, 11) is 1.44. The number of aryl methyl sites for hydroxylation is 1. The Balaban J connectivity index is 1.17. The van der Waals surface area contributed by atoms with Gasteiger partial charge in [-0.05, 0) is 6.92 Å². The zero-order valence-corrected chi connectivity index (χ0v) is 21.4. The first kappa shape index (κ1) is 24.8. The smallest absolute Gasteiger partial charge is 0.338 e. The highest BCUT2D eigenvalue weighted by molar-refractivity contribution is 7.13. The first-order chi connectivity index (χ1) is 18.6. The molecule has 16 heteroatoms. The lowest BCUT2D eigenvalue weighted by Gasteiger charge is -2.19. The standard InChI is InChI=1S/C23H20F2N10O3S/c1-11(34-10-29-17-16(34)20(37)35(9-26-2)22(38)32(17)3)18(36)30-15-8-39-19(31-15)12-4-27-21(28-5-12)33-6-13-14(7-33)23(13,24)25/h4-5,8,10-11,13-14H,6-7,9H2,1,3H3,(H,30,36)/t11-,13?,14?/m0/s1. The van der Waals surface area contributed by atoms with Gasteiger partial charge in [-0.15, -0.1) is 11.3 Å². The molecule has 6 rings (SSSR count). The minimum Gasteiger partial charge on any atom is -0.340 e. The van der Waals surface area contributed by atoms with Crippen molar-refractivity contribution in [2.45, 2.75) is 25.6 Å². The number of amides is 1. The molecule has 5 heterocycles. The largest absolute Gasteiger partial charge is 0.340 e. The molecule has 0 spiro atoms. The number of hydrogen-bond donors (Lipinski definition) is 1. The number of halogens is 2. The van der Waals surface area contributed by atoms with Crippen molar-refractivity contribution in [1.82, 2.24) is 33.6 Å². The van der Waals surface area contributed by atoms with Crippen LogP contribution in [-0.4, -0.2) is 58.6 Å². The predicted molar refractivity (Wildman–Crippen MR) is 136 cm³/mol. The van der Waals surface area contributed by atoms with Gasteiger partial charge in [0.05, 0.1) is 18.2 Å². The van der Waals surface area contributed by atoms with Crippen LogP contribution in [0.5, 0.6) is 0 Å². The van der Waals surface area contributed by atoms with Gasteiger partial charge >= 0.3 is 5.69 Å². The maximum atomic E-state index is 13.5. The maximum absolute atomic E-state index is 13.5. The van der Waals surface area contributed by atoms with E-state index in [-0.39, 0.29) is 30.1 Å². The van der Waals surface area contributed by atoms with Crippen LogP contribution in [0.1, 0.15) is 13.0 Å². The highest BCUT2D eigenvalue weighted by atomic mass is 32.1. The summed E-state index contributed by atoms with van der Waals surface area (Å²) >= 11 is 1.26. The first-order valence-electron chi connectivity index (χ1n) is 11.8. The summed E-state index contributed by atoms with van der Waals surface area (Å²) in [5.74, 6) is -3.63. The molecule has 1 N–H and O–H groups in total. The lowest BCUT2D eigenvalue weighted by Crippen LogP contribution is -2.39. The summed E-state index contributed by atoms with van der Waals surface area (Å²) < 4.78 is 30.2. The third-order valence-corrected chi connectivity index (χ3v) is 8.08. The van der Waals surface area contributed by atoms with Crippen LogP contribution < -0.4 is 21.5 Å². The van der Waals surface area contributed by atoms with Crippen molar-refractivity contribution in [3.05, 3.63) is 56.4 Å². The third-order valence-electron chi connectivity index (χ3n) is 7.19. The van der Waals surface area contributed by atoms with Gasteiger partial charge in [0.15, 0.2) is 11.2 Å². The SMILES string of the molecule is [C-]#[N+]Cn1c(=O)c2c(ncn2[C@@H](C)C(=O)Nc2csc(-c3cnc(N4CC5C(C4)C5(F)F)nc3)n2)n(C)c1=O. The van der Waals surface area contributed by atoms with Crippen LogP contribution in [0.2, 0.25) is 0 Å². The molecule has 2 unspecified atom stereocenters. The molecule has 0 radical (unpaired) electrons. The van der Waals surface area contributed by atoms with Crippen LogP contribution in [0.3, 0.4) is 0 Å². The Morgan fingerprint density at radius 2 is 1.95 bits per heavy atom. The first-order valence-corrected chi connectivity index (χ1v) is 12.7. The molecule has 4 aromatic heterocycles. The number of thiazole rings is 1. The van der Waals surface area contributed by atoms with E-state index < -0.39 is 47.6 Å². The van der Waals surface area contributed by atoms with Crippen molar-refractivity contribution in [2.75, 3.05) is 23.3 Å². The molecule has 1 aliphatic carbocycles. The number of fused-ring (bicyclic) bond motifs is 2. The fourth-order valence-corrected chi connectivity index (χ4v) is 5.59. The lowest BCUT2D eigenvalue weighted by molar-refractivity contribution is -0.118. The minimum absolute atomic E-state index is 0.0265. The summed E-state index contributed by atoms with van der Waals surface area (Å²) in [6.07, 6.45) is 4.43. The number of imidazole rings is 1. The molecule has 2 aliphatic rings. The lowest BCUT2D eigenvalue weighted by atomic mass is 10.3. The molecular weight excluding hydrogens is 534 g/mol. The van der Waals surface area contributed by atoms with Gasteiger partial charge in [-0.3, -0.25) is 19.0 Å². The van der Waals surface area contributed by atoms with E-state index in [9.17, 15) is 23.2 Å². The zero-order valence-electron chi connectivity index (χ0n) is 20.6. The van der Waals surface area contributed by atoms with Gasteiger partial charge in [0.1, 0.15) is 16.9 Å². The summed E-state index contributed by atoms with van der Waals surface area (Å²) in [5.41, 5.74) is -0.644. The van der Waals surface area contributed by atoms with E-state index in [2.05, 4.69) is 30.1 Å². The summed E-state index contributed by atoms with van der Waals surface area (Å²) in [6, 6.07) is -0.895. The Morgan fingerprint density at radius 1 is 1.26 bits per heavy atom. The quantitative estimate of drug-likeness (QED) is 0.355. The van der Waals surface area contributed by atoms with E-state index in [4.69, 9.17) is 6.57 Å². The van der Waals surface area contributed by atoms with Gasteiger partial charge in [0, 0.05) is 43.5 Å². The van der Waals surface area contributed by atoms with Crippen molar-refractivity contribution in [2.24, 2.45) is 18.9 Å². The summed E-state index contributed by atoms with van der Waals surface area (Å²) in [4.78, 5) is 60.4. The molecule has 2 fully saturated rings. The Labute approximate surface area is 222 Å². The van der Waals surface area contributed by atoms with E-state index in [1.54, 1.807) is 29.6 Å². The Hall–Kier alpha value is -4.52. The summed E-state index contributed by atoms with van der Waals surface area (Å²) in [5, 5.41) is 4.90. The second-order valence-electron chi connectivity index (χ2n) is 9.47. The molecule has 4 aromatic rings. The van der Waals surface area contributed by atoms with Crippen molar-refractivity contribution in [3.8, 4) is 10.6 Å². The average Bonchev–Trinajstić information content (AvgIpc) is 3.51. The van der Waals surface area contributed by atoms with Crippen LogP contribution in [0.15, 0.2) is 33.7 Å². The number of aromatic nitrogens is 7. The molecule has 39 heavy (non-hydrogen) atoms. The predicted octanol–water partition coefficient (Wildman–Crippen LogP) is 1.59. The number of piperidine rings is 1. The van der Waals surface area contributed by atoms with Crippen molar-refractivity contribution >= 4 is 40.2 Å². The third kappa shape index (κ3) is 3.88. The molecular formula is C23H20F2N10O3S. The van der Waals surface area contributed by atoms with Crippen LogP contribution in [-0.2, 0) is 18.5 Å². The van der Waals surface area contributed by atoms with E-state index in [1.165, 1.54) is 29.3 Å². The number of nitrogens with zero attached hydrogens (tertiary/aromatic N) is 9. The Morgan fingerprint density at radius 3 is 2.62 bits per heavy atom. The van der Waals surface area contributed by atoms with Crippen LogP contribution in [0, 0.1) is 18.4 Å². The number of rotatable bonds is 6. The number of hydrogen-bond acceptors (Lipinski definition) is 9. The van der Waals surface area contributed by atoms with E-state index in [0.717, 1.165) is 9.13 Å². The van der Waals surface area contributed by atoms with E-state index in [1.807, 2.05) is 0 Å². The molecule has 1 aliphatic heterocycles. The molecule has 0 aromatic carbocycles. The second-order valence-corrected chi connectivity index (χ2v) is 10.3. The van der Waals surface area contributed by atoms with Crippen LogP contribution in [0.25, 0.3) is 26.6 Å². The monoisotopic (exact) mass is 554 g/mol.